The number of carbonyl (C=O) groups is 2. The summed E-state index contributed by atoms with van der Waals surface area (Å²) < 4.78 is 26.0. The standard InChI is InChI=1S/C11H16F2N4O4/c12-9(13)6-17(3-4-18)11(21)14-1-2-16-5-8(10(19)20)15-7-16/h5,7,9,18H,1-4,6H2,(H,14,21)(H,19,20). The van der Waals surface area contributed by atoms with Crippen molar-refractivity contribution in [1.29, 1.82) is 0 Å². The predicted octanol–water partition coefficient (Wildman–Crippen LogP) is -0.150. The second-order valence-electron chi connectivity index (χ2n) is 4.09. The van der Waals surface area contributed by atoms with Crippen LogP contribution in [0.3, 0.4) is 0 Å². The average molecular weight is 306 g/mol. The molecule has 0 aliphatic heterocycles. The second kappa shape index (κ2) is 8.15. The molecule has 0 bridgehead atoms. The number of carbonyl (C=O) groups excluding carboxylic acids is 1. The number of carboxylic acid groups (broad SMARTS) is 1. The van der Waals surface area contributed by atoms with Crippen molar-refractivity contribution in [3.8, 4) is 0 Å². The number of aliphatic hydroxyl groups excluding tert-OH is 1. The number of nitrogens with zero attached hydrogens (tertiary/aromatic N) is 3. The van der Waals surface area contributed by atoms with Crippen LogP contribution in [0, 0.1) is 0 Å². The van der Waals surface area contributed by atoms with Crippen LogP contribution in [0.4, 0.5) is 13.6 Å². The Bertz CT molecular complexity index is 481. The molecule has 1 aromatic rings. The number of alkyl halides is 2. The van der Waals surface area contributed by atoms with Gasteiger partial charge in [-0.15, -0.1) is 0 Å². The molecule has 0 unspecified atom stereocenters. The van der Waals surface area contributed by atoms with Crippen LogP contribution in [0.25, 0.3) is 0 Å². The minimum atomic E-state index is -2.69. The lowest BCUT2D eigenvalue weighted by Crippen LogP contribution is -2.44. The minimum Gasteiger partial charge on any atom is -0.476 e. The number of carboxylic acids is 1. The molecule has 0 saturated heterocycles. The van der Waals surface area contributed by atoms with Crippen molar-refractivity contribution in [1.82, 2.24) is 19.8 Å². The third kappa shape index (κ3) is 5.73. The molecule has 0 aliphatic rings. The van der Waals surface area contributed by atoms with Crippen LogP contribution in [0.15, 0.2) is 12.5 Å². The number of nitrogens with one attached hydrogen (secondary N) is 1. The number of rotatable bonds is 8. The number of amides is 2. The number of imidazole rings is 1. The highest BCUT2D eigenvalue weighted by Crippen LogP contribution is 1.99. The van der Waals surface area contributed by atoms with Gasteiger partial charge in [0.05, 0.1) is 19.5 Å². The van der Waals surface area contributed by atoms with Crippen LogP contribution in [0.1, 0.15) is 10.5 Å². The van der Waals surface area contributed by atoms with Gasteiger partial charge in [0.25, 0.3) is 6.43 Å². The van der Waals surface area contributed by atoms with Gasteiger partial charge in [-0.05, 0) is 0 Å². The zero-order valence-corrected chi connectivity index (χ0v) is 11.1. The largest absolute Gasteiger partial charge is 0.476 e. The Balaban J connectivity index is 2.41. The van der Waals surface area contributed by atoms with E-state index in [9.17, 15) is 18.4 Å². The van der Waals surface area contributed by atoms with E-state index in [1.54, 1.807) is 0 Å². The van der Waals surface area contributed by atoms with Crippen LogP contribution in [0.5, 0.6) is 0 Å². The van der Waals surface area contributed by atoms with E-state index in [2.05, 4.69) is 10.3 Å². The first-order chi connectivity index (χ1) is 9.93. The molecule has 3 N–H and O–H groups in total. The smallest absolute Gasteiger partial charge is 0.356 e. The van der Waals surface area contributed by atoms with Crippen LogP contribution in [0.2, 0.25) is 0 Å². The van der Waals surface area contributed by atoms with E-state index in [1.807, 2.05) is 0 Å². The fourth-order valence-corrected chi connectivity index (χ4v) is 1.56. The third-order valence-electron chi connectivity index (χ3n) is 2.51. The molecule has 118 valence electrons. The molecule has 0 fully saturated rings. The molecule has 21 heavy (non-hydrogen) atoms. The SMILES string of the molecule is O=C(O)c1cn(CCNC(=O)N(CCO)CC(F)F)cn1. The molecule has 0 saturated carbocycles. The summed E-state index contributed by atoms with van der Waals surface area (Å²) in [6.45, 7) is -1.01. The van der Waals surface area contributed by atoms with E-state index in [0.29, 0.717) is 0 Å². The van der Waals surface area contributed by atoms with Gasteiger partial charge in [0.2, 0.25) is 0 Å². The molecule has 0 radical (unpaired) electrons. The summed E-state index contributed by atoms with van der Waals surface area (Å²) in [5, 5.41) is 19.8. The van der Waals surface area contributed by atoms with E-state index in [1.165, 1.54) is 17.1 Å². The van der Waals surface area contributed by atoms with Crippen molar-refractivity contribution < 1.29 is 28.6 Å². The molecule has 2 amide bonds. The maximum absolute atomic E-state index is 12.3. The molecule has 8 nitrogen and oxygen atoms in total. The van der Waals surface area contributed by atoms with Gasteiger partial charge < -0.3 is 25.0 Å². The first-order valence-electron chi connectivity index (χ1n) is 6.11. The van der Waals surface area contributed by atoms with E-state index in [-0.39, 0.29) is 25.3 Å². The zero-order chi connectivity index (χ0) is 15.8. The van der Waals surface area contributed by atoms with Crippen LogP contribution in [-0.2, 0) is 6.54 Å². The Morgan fingerprint density at radius 2 is 2.19 bits per heavy atom. The Morgan fingerprint density at radius 3 is 2.71 bits per heavy atom. The van der Waals surface area contributed by atoms with Crippen molar-refractivity contribution in [2.45, 2.75) is 13.0 Å². The molecule has 10 heteroatoms. The Hall–Kier alpha value is -2.23. The minimum absolute atomic E-state index is 0.111. The number of aliphatic hydroxyl groups is 1. The van der Waals surface area contributed by atoms with Crippen molar-refractivity contribution in [3.63, 3.8) is 0 Å². The van der Waals surface area contributed by atoms with Crippen molar-refractivity contribution in [2.75, 3.05) is 26.2 Å². The van der Waals surface area contributed by atoms with Gasteiger partial charge in [-0.1, -0.05) is 0 Å². The number of urea groups is 1. The Morgan fingerprint density at radius 1 is 1.48 bits per heavy atom. The normalized spacial score (nSPS) is 10.7. The summed E-state index contributed by atoms with van der Waals surface area (Å²) in [6, 6.07) is -0.720. The predicted molar refractivity (Wildman–Crippen MR) is 67.2 cm³/mol. The lowest BCUT2D eigenvalue weighted by Gasteiger charge is -2.21. The number of hydrogen-bond acceptors (Lipinski definition) is 4. The van der Waals surface area contributed by atoms with Gasteiger partial charge in [-0.25, -0.2) is 23.4 Å². The monoisotopic (exact) mass is 306 g/mol. The Labute approximate surface area is 119 Å². The first kappa shape index (κ1) is 16.8. The van der Waals surface area contributed by atoms with Crippen LogP contribution in [-0.4, -0.2) is 69.3 Å². The number of hydrogen-bond donors (Lipinski definition) is 3. The summed E-state index contributed by atoms with van der Waals surface area (Å²) >= 11 is 0. The highest BCUT2D eigenvalue weighted by atomic mass is 19.3. The Kier molecular flexibility index (Phi) is 6.53. The molecule has 0 spiro atoms. The summed E-state index contributed by atoms with van der Waals surface area (Å²) in [5.41, 5.74) is -0.124. The summed E-state index contributed by atoms with van der Waals surface area (Å²) in [7, 11) is 0. The zero-order valence-electron chi connectivity index (χ0n) is 11.1. The van der Waals surface area contributed by atoms with Crippen molar-refractivity contribution in [2.24, 2.45) is 0 Å². The maximum atomic E-state index is 12.3. The van der Waals surface area contributed by atoms with E-state index >= 15 is 0 Å². The molecular weight excluding hydrogens is 290 g/mol. The number of aromatic nitrogens is 2. The van der Waals surface area contributed by atoms with Crippen molar-refractivity contribution in [3.05, 3.63) is 18.2 Å². The van der Waals surface area contributed by atoms with Gasteiger partial charge >= 0.3 is 12.0 Å². The first-order valence-corrected chi connectivity index (χ1v) is 6.11. The van der Waals surface area contributed by atoms with E-state index in [0.717, 1.165) is 4.90 Å². The molecule has 1 heterocycles. The summed E-state index contributed by atoms with van der Waals surface area (Å²) in [6.07, 6.45) is -0.103. The molecule has 1 aromatic heterocycles. The second-order valence-corrected chi connectivity index (χ2v) is 4.09. The average Bonchev–Trinajstić information content (AvgIpc) is 2.86. The van der Waals surface area contributed by atoms with E-state index in [4.69, 9.17) is 10.2 Å². The molecule has 0 atom stereocenters. The van der Waals surface area contributed by atoms with E-state index < -0.39 is 31.6 Å². The summed E-state index contributed by atoms with van der Waals surface area (Å²) in [4.78, 5) is 26.7. The van der Waals surface area contributed by atoms with Gasteiger partial charge in [-0.3, -0.25) is 0 Å². The molecular formula is C11H16F2N4O4. The quantitative estimate of drug-likeness (QED) is 0.619. The van der Waals surface area contributed by atoms with Crippen molar-refractivity contribution >= 4 is 12.0 Å². The van der Waals surface area contributed by atoms with Crippen LogP contribution < -0.4 is 5.32 Å². The lowest BCUT2D eigenvalue weighted by molar-refractivity contribution is 0.0691. The lowest BCUT2D eigenvalue weighted by atomic mass is 10.5. The number of halogens is 2. The maximum Gasteiger partial charge on any atom is 0.356 e. The van der Waals surface area contributed by atoms with Gasteiger partial charge in [0.1, 0.15) is 0 Å². The molecule has 0 aliphatic carbocycles. The van der Waals surface area contributed by atoms with Gasteiger partial charge in [0, 0.05) is 25.8 Å². The highest BCUT2D eigenvalue weighted by Gasteiger charge is 2.17. The van der Waals surface area contributed by atoms with Gasteiger partial charge in [0.15, 0.2) is 5.69 Å². The van der Waals surface area contributed by atoms with Gasteiger partial charge in [-0.2, -0.15) is 0 Å². The summed E-state index contributed by atoms with van der Waals surface area (Å²) in [5.74, 6) is -1.16. The van der Waals surface area contributed by atoms with Crippen LogP contribution >= 0.6 is 0 Å². The third-order valence-corrected chi connectivity index (χ3v) is 2.51. The fraction of sp³-hybridized carbons (Fsp3) is 0.545. The highest BCUT2D eigenvalue weighted by molar-refractivity contribution is 5.84. The molecule has 0 aromatic carbocycles. The topological polar surface area (TPSA) is 108 Å². The molecule has 1 rings (SSSR count). The number of aromatic carboxylic acids is 1. The fourth-order valence-electron chi connectivity index (χ4n) is 1.56.